The fraction of sp³-hybridized carbons (Fsp3) is 0.714. The number of nitrogens with zero attached hydrogens (tertiary/aromatic N) is 6. The van der Waals surface area contributed by atoms with Gasteiger partial charge in [-0.3, -0.25) is 14.7 Å². The molecule has 9 nitrogen and oxygen atoms in total. The SMILES string of the molecule is CN=C(NCCN1CCN(c2ncccn2)CC1)NCC1(C(=O)N(C)C)CCCC1.I. The zero-order valence-corrected chi connectivity index (χ0v) is 21.3. The molecule has 0 atom stereocenters. The van der Waals surface area contributed by atoms with Gasteiger partial charge in [0.15, 0.2) is 5.96 Å². The van der Waals surface area contributed by atoms with Crippen LogP contribution >= 0.6 is 24.0 Å². The normalized spacial score (nSPS) is 18.9. The van der Waals surface area contributed by atoms with E-state index >= 15 is 0 Å². The number of carbonyl (C=O) groups excluding carboxylic acids is 1. The summed E-state index contributed by atoms with van der Waals surface area (Å²) in [5.74, 6) is 1.81. The van der Waals surface area contributed by atoms with Crippen LogP contribution in [0.3, 0.4) is 0 Å². The number of rotatable bonds is 7. The molecule has 2 heterocycles. The fourth-order valence-electron chi connectivity index (χ4n) is 4.42. The minimum atomic E-state index is -0.295. The van der Waals surface area contributed by atoms with Crippen molar-refractivity contribution >= 4 is 41.8 Å². The van der Waals surface area contributed by atoms with Gasteiger partial charge in [-0.05, 0) is 18.9 Å². The maximum atomic E-state index is 12.7. The lowest BCUT2D eigenvalue weighted by Gasteiger charge is -2.34. The summed E-state index contributed by atoms with van der Waals surface area (Å²) in [4.78, 5) is 32.1. The van der Waals surface area contributed by atoms with E-state index in [1.54, 1.807) is 24.3 Å². The highest BCUT2D eigenvalue weighted by molar-refractivity contribution is 14.0. The van der Waals surface area contributed by atoms with E-state index in [4.69, 9.17) is 0 Å². The van der Waals surface area contributed by atoms with Crippen molar-refractivity contribution in [2.75, 3.05) is 71.9 Å². The molecule has 1 amide bonds. The van der Waals surface area contributed by atoms with Crippen LogP contribution in [0.4, 0.5) is 5.95 Å². The number of halogens is 1. The number of guanidine groups is 1. The molecule has 1 saturated carbocycles. The van der Waals surface area contributed by atoms with Gasteiger partial charge in [0.2, 0.25) is 11.9 Å². The topological polar surface area (TPSA) is 89.0 Å². The van der Waals surface area contributed by atoms with Gasteiger partial charge in [-0.1, -0.05) is 12.8 Å². The summed E-state index contributed by atoms with van der Waals surface area (Å²) in [6.07, 6.45) is 7.71. The molecule has 0 radical (unpaired) electrons. The van der Waals surface area contributed by atoms with E-state index in [0.717, 1.165) is 76.9 Å². The fourth-order valence-corrected chi connectivity index (χ4v) is 4.42. The monoisotopic (exact) mass is 544 g/mol. The molecule has 1 aliphatic carbocycles. The van der Waals surface area contributed by atoms with E-state index in [-0.39, 0.29) is 35.3 Å². The van der Waals surface area contributed by atoms with Gasteiger partial charge in [0.1, 0.15) is 0 Å². The van der Waals surface area contributed by atoms with Crippen LogP contribution in [-0.2, 0) is 4.79 Å². The molecular formula is C21H37IN8O. The van der Waals surface area contributed by atoms with Crippen LogP contribution in [0, 0.1) is 5.41 Å². The van der Waals surface area contributed by atoms with Crippen LogP contribution < -0.4 is 15.5 Å². The molecule has 2 N–H and O–H groups in total. The number of hydrogen-bond acceptors (Lipinski definition) is 6. The van der Waals surface area contributed by atoms with Crippen molar-refractivity contribution in [1.82, 2.24) is 30.4 Å². The van der Waals surface area contributed by atoms with E-state index < -0.39 is 0 Å². The highest BCUT2D eigenvalue weighted by Crippen LogP contribution is 2.38. The van der Waals surface area contributed by atoms with E-state index in [1.807, 2.05) is 20.2 Å². The molecular weight excluding hydrogens is 507 g/mol. The average molecular weight is 544 g/mol. The molecule has 0 spiro atoms. The maximum Gasteiger partial charge on any atom is 0.230 e. The zero-order valence-electron chi connectivity index (χ0n) is 19.0. The van der Waals surface area contributed by atoms with Crippen molar-refractivity contribution in [3.63, 3.8) is 0 Å². The van der Waals surface area contributed by atoms with Crippen molar-refractivity contribution < 1.29 is 4.79 Å². The van der Waals surface area contributed by atoms with Gasteiger partial charge in [0.25, 0.3) is 0 Å². The van der Waals surface area contributed by atoms with Crippen LogP contribution in [0.25, 0.3) is 0 Å². The maximum absolute atomic E-state index is 12.7. The minimum absolute atomic E-state index is 0. The third-order valence-electron chi connectivity index (χ3n) is 6.17. The lowest BCUT2D eigenvalue weighted by molar-refractivity contribution is -0.138. The lowest BCUT2D eigenvalue weighted by atomic mass is 9.84. The number of anilines is 1. The molecule has 1 aliphatic heterocycles. The average Bonchev–Trinajstić information content (AvgIpc) is 3.26. The lowest BCUT2D eigenvalue weighted by Crippen LogP contribution is -2.51. The van der Waals surface area contributed by atoms with Gasteiger partial charge < -0.3 is 20.4 Å². The number of aromatic nitrogens is 2. The van der Waals surface area contributed by atoms with Crippen molar-refractivity contribution in [2.45, 2.75) is 25.7 Å². The number of piperazine rings is 1. The predicted molar refractivity (Wildman–Crippen MR) is 135 cm³/mol. The Bertz CT molecular complexity index is 701. The Morgan fingerprint density at radius 1 is 1.13 bits per heavy atom. The molecule has 2 fully saturated rings. The Hall–Kier alpha value is -1.69. The number of aliphatic imine (C=N–C) groups is 1. The Kier molecular flexibility index (Phi) is 10.2. The van der Waals surface area contributed by atoms with Crippen molar-refractivity contribution in [3.8, 4) is 0 Å². The molecule has 3 rings (SSSR count). The Labute approximate surface area is 203 Å². The van der Waals surface area contributed by atoms with Crippen molar-refractivity contribution in [3.05, 3.63) is 18.5 Å². The third-order valence-corrected chi connectivity index (χ3v) is 6.17. The van der Waals surface area contributed by atoms with Crippen LogP contribution in [0.2, 0.25) is 0 Å². The summed E-state index contributed by atoms with van der Waals surface area (Å²) in [5.41, 5.74) is -0.295. The highest BCUT2D eigenvalue weighted by atomic mass is 127. The molecule has 0 unspecified atom stereocenters. The van der Waals surface area contributed by atoms with Crippen LogP contribution in [0.1, 0.15) is 25.7 Å². The Morgan fingerprint density at radius 3 is 2.35 bits per heavy atom. The number of hydrogen-bond donors (Lipinski definition) is 2. The van der Waals surface area contributed by atoms with Crippen LogP contribution in [-0.4, -0.2) is 98.6 Å². The van der Waals surface area contributed by atoms with E-state index in [1.165, 1.54) is 0 Å². The molecule has 2 aliphatic rings. The largest absolute Gasteiger partial charge is 0.355 e. The van der Waals surface area contributed by atoms with E-state index in [0.29, 0.717) is 6.54 Å². The Morgan fingerprint density at radius 2 is 1.77 bits per heavy atom. The second-order valence-corrected chi connectivity index (χ2v) is 8.42. The van der Waals surface area contributed by atoms with Crippen LogP contribution in [0.15, 0.2) is 23.5 Å². The third kappa shape index (κ3) is 6.90. The first-order valence-corrected chi connectivity index (χ1v) is 10.9. The van der Waals surface area contributed by atoms with Gasteiger partial charge in [-0.25, -0.2) is 9.97 Å². The summed E-state index contributed by atoms with van der Waals surface area (Å²) in [6, 6.07) is 1.84. The quantitative estimate of drug-likeness (QED) is 0.301. The van der Waals surface area contributed by atoms with Gasteiger partial charge in [-0.2, -0.15) is 0 Å². The highest BCUT2D eigenvalue weighted by Gasteiger charge is 2.42. The first kappa shape index (κ1) is 25.6. The number of carbonyl (C=O) groups is 1. The summed E-state index contributed by atoms with van der Waals surface area (Å²) in [5, 5.41) is 6.81. The summed E-state index contributed by atoms with van der Waals surface area (Å²) in [6.45, 7) is 6.26. The zero-order chi connectivity index (χ0) is 21.4. The van der Waals surface area contributed by atoms with Crippen LogP contribution in [0.5, 0.6) is 0 Å². The first-order valence-electron chi connectivity index (χ1n) is 10.9. The summed E-state index contributed by atoms with van der Waals surface area (Å²) >= 11 is 0. The first-order chi connectivity index (χ1) is 14.5. The van der Waals surface area contributed by atoms with E-state index in [2.05, 4.69) is 35.4 Å². The van der Waals surface area contributed by atoms with Gasteiger partial charge in [-0.15, -0.1) is 24.0 Å². The molecule has 1 saturated heterocycles. The minimum Gasteiger partial charge on any atom is -0.355 e. The molecule has 1 aromatic heterocycles. The van der Waals surface area contributed by atoms with Gasteiger partial charge in [0, 0.05) is 79.3 Å². The molecule has 0 aromatic carbocycles. The second kappa shape index (κ2) is 12.4. The summed E-state index contributed by atoms with van der Waals surface area (Å²) < 4.78 is 0. The molecule has 0 bridgehead atoms. The van der Waals surface area contributed by atoms with Gasteiger partial charge >= 0.3 is 0 Å². The molecule has 10 heteroatoms. The van der Waals surface area contributed by atoms with E-state index in [9.17, 15) is 4.79 Å². The molecule has 174 valence electrons. The van der Waals surface area contributed by atoms with Crippen molar-refractivity contribution in [2.24, 2.45) is 10.4 Å². The summed E-state index contributed by atoms with van der Waals surface area (Å²) in [7, 11) is 5.47. The molecule has 31 heavy (non-hydrogen) atoms. The van der Waals surface area contributed by atoms with Crippen molar-refractivity contribution in [1.29, 1.82) is 0 Å². The number of nitrogens with one attached hydrogen (secondary N) is 2. The second-order valence-electron chi connectivity index (χ2n) is 8.42. The van der Waals surface area contributed by atoms with Gasteiger partial charge in [0.05, 0.1) is 5.41 Å². The predicted octanol–water partition coefficient (Wildman–Crippen LogP) is 1.03. The smallest absolute Gasteiger partial charge is 0.230 e. The number of amides is 1. The Balaban J connectivity index is 0.00000341. The molecule has 1 aromatic rings. The standard InChI is InChI=1S/C21H36N8O.HI/c1-22-19(26-17-21(7-4-5-8-21)18(30)27(2)3)23-11-12-28-13-15-29(16-14-28)20-24-9-6-10-25-20;/h6,9-10H,4-5,7-8,11-17H2,1-3H3,(H2,22,23,26);1H.